The van der Waals surface area contributed by atoms with Gasteiger partial charge in [0.15, 0.2) is 0 Å². The number of anilines is 1. The van der Waals surface area contributed by atoms with Crippen molar-refractivity contribution in [3.8, 4) is 5.75 Å². The number of rotatable bonds is 6. The number of carbonyl (C=O) groups is 3. The van der Waals surface area contributed by atoms with Crippen molar-refractivity contribution < 1.29 is 19.1 Å². The Morgan fingerprint density at radius 1 is 1.12 bits per heavy atom. The van der Waals surface area contributed by atoms with E-state index in [1.165, 1.54) is 7.11 Å². The lowest BCUT2D eigenvalue weighted by molar-refractivity contribution is -0.127. The van der Waals surface area contributed by atoms with Crippen molar-refractivity contribution in [2.24, 2.45) is 0 Å². The van der Waals surface area contributed by atoms with E-state index in [4.69, 9.17) is 4.74 Å². The minimum absolute atomic E-state index is 0.246. The van der Waals surface area contributed by atoms with Gasteiger partial charge in [-0.3, -0.25) is 19.3 Å². The molecule has 3 aromatic rings. The Hall–Kier alpha value is -3.52. The van der Waals surface area contributed by atoms with Crippen molar-refractivity contribution in [2.45, 2.75) is 19.9 Å². The van der Waals surface area contributed by atoms with Gasteiger partial charge in [-0.1, -0.05) is 30.3 Å². The summed E-state index contributed by atoms with van der Waals surface area (Å²) in [6, 6.07) is 15.1. The number of nitrogens with zero attached hydrogens (tertiary/aromatic N) is 2. The molecule has 0 aliphatic carbocycles. The van der Waals surface area contributed by atoms with Gasteiger partial charge in [0.05, 0.1) is 17.7 Å². The van der Waals surface area contributed by atoms with Crippen molar-refractivity contribution >= 4 is 51.5 Å². The fourth-order valence-corrected chi connectivity index (χ4v) is 4.46. The molecular formula is C24H23N3O4S. The molecule has 32 heavy (non-hydrogen) atoms. The first kappa shape index (κ1) is 21.7. The summed E-state index contributed by atoms with van der Waals surface area (Å²) >= 11 is 0.843. The van der Waals surface area contributed by atoms with Gasteiger partial charge in [0.25, 0.3) is 11.1 Å². The van der Waals surface area contributed by atoms with Gasteiger partial charge in [-0.15, -0.1) is 0 Å². The van der Waals surface area contributed by atoms with Crippen LogP contribution in [-0.2, 0) is 9.59 Å². The minimum Gasteiger partial charge on any atom is -0.495 e. The van der Waals surface area contributed by atoms with E-state index < -0.39 is 17.1 Å². The number of amides is 3. The van der Waals surface area contributed by atoms with Gasteiger partial charge in [0.1, 0.15) is 12.3 Å². The van der Waals surface area contributed by atoms with Crippen LogP contribution in [0.3, 0.4) is 0 Å². The minimum atomic E-state index is -0.477. The van der Waals surface area contributed by atoms with E-state index in [0.29, 0.717) is 16.3 Å². The zero-order chi connectivity index (χ0) is 22.8. The van der Waals surface area contributed by atoms with Gasteiger partial charge in [0, 0.05) is 28.7 Å². The number of aromatic nitrogens is 1. The molecule has 8 heteroatoms. The number of benzene rings is 2. The molecule has 0 atom stereocenters. The lowest BCUT2D eigenvalue weighted by atomic mass is 10.1. The van der Waals surface area contributed by atoms with Gasteiger partial charge in [-0.25, -0.2) is 0 Å². The standard InChI is InChI=1S/C24H23N3O4S/c1-15(2)26-13-16(17-8-4-6-10-19(17)26)12-21-23(29)27(24(30)32-21)14-22(28)25-18-9-5-7-11-20(18)31-3/h4-13,15H,14H2,1-3H3,(H,25,28)/b21-12+. The highest BCUT2D eigenvalue weighted by molar-refractivity contribution is 8.18. The first-order valence-corrected chi connectivity index (χ1v) is 11.0. The van der Waals surface area contributed by atoms with Crippen LogP contribution in [0.5, 0.6) is 5.75 Å². The highest BCUT2D eigenvalue weighted by atomic mass is 32.2. The molecule has 1 N–H and O–H groups in total. The van der Waals surface area contributed by atoms with Crippen molar-refractivity contribution in [1.82, 2.24) is 9.47 Å². The molecule has 2 aromatic carbocycles. The number of thioether (sulfide) groups is 1. The Balaban J connectivity index is 1.55. The second-order valence-electron chi connectivity index (χ2n) is 7.62. The fraction of sp³-hybridized carbons (Fsp3) is 0.208. The van der Waals surface area contributed by atoms with E-state index in [1.54, 1.807) is 30.3 Å². The predicted octanol–water partition coefficient (Wildman–Crippen LogP) is 4.91. The van der Waals surface area contributed by atoms with Crippen LogP contribution < -0.4 is 10.1 Å². The molecule has 0 spiro atoms. The van der Waals surface area contributed by atoms with Gasteiger partial charge < -0.3 is 14.6 Å². The van der Waals surface area contributed by atoms with Gasteiger partial charge >= 0.3 is 0 Å². The van der Waals surface area contributed by atoms with E-state index in [9.17, 15) is 14.4 Å². The highest BCUT2D eigenvalue weighted by Gasteiger charge is 2.36. The van der Waals surface area contributed by atoms with E-state index in [-0.39, 0.29) is 12.6 Å². The summed E-state index contributed by atoms with van der Waals surface area (Å²) in [6.07, 6.45) is 3.71. The maximum absolute atomic E-state index is 12.9. The predicted molar refractivity (Wildman–Crippen MR) is 127 cm³/mol. The highest BCUT2D eigenvalue weighted by Crippen LogP contribution is 2.34. The summed E-state index contributed by atoms with van der Waals surface area (Å²) in [7, 11) is 1.50. The molecule has 0 bridgehead atoms. The molecule has 1 fully saturated rings. The van der Waals surface area contributed by atoms with Crippen LogP contribution in [0.2, 0.25) is 0 Å². The Bertz CT molecular complexity index is 1250. The second kappa shape index (κ2) is 8.92. The maximum atomic E-state index is 12.9. The van der Waals surface area contributed by atoms with Crippen molar-refractivity contribution in [3.63, 3.8) is 0 Å². The van der Waals surface area contributed by atoms with E-state index in [0.717, 1.165) is 33.1 Å². The van der Waals surface area contributed by atoms with Gasteiger partial charge in [0.2, 0.25) is 5.91 Å². The molecule has 164 valence electrons. The lowest BCUT2D eigenvalue weighted by Crippen LogP contribution is -2.36. The third kappa shape index (κ3) is 4.13. The summed E-state index contributed by atoms with van der Waals surface area (Å²) in [4.78, 5) is 39.2. The molecule has 0 unspecified atom stereocenters. The molecule has 1 aliphatic rings. The number of para-hydroxylation sites is 3. The zero-order valence-electron chi connectivity index (χ0n) is 18.0. The smallest absolute Gasteiger partial charge is 0.294 e. The first-order valence-electron chi connectivity index (χ1n) is 10.2. The van der Waals surface area contributed by atoms with Gasteiger partial charge in [-0.05, 0) is 49.9 Å². The topological polar surface area (TPSA) is 80.6 Å². The second-order valence-corrected chi connectivity index (χ2v) is 8.61. The number of methoxy groups -OCH3 is 1. The zero-order valence-corrected chi connectivity index (χ0v) is 18.8. The van der Waals surface area contributed by atoms with Crippen LogP contribution in [0.15, 0.2) is 59.6 Å². The molecule has 4 rings (SSSR count). The molecule has 0 radical (unpaired) electrons. The number of nitrogens with one attached hydrogen (secondary N) is 1. The van der Waals surface area contributed by atoms with Crippen LogP contribution in [0.1, 0.15) is 25.5 Å². The third-order valence-corrected chi connectivity index (χ3v) is 6.08. The Morgan fingerprint density at radius 3 is 2.59 bits per heavy atom. The first-order chi connectivity index (χ1) is 15.4. The SMILES string of the molecule is COc1ccccc1NC(=O)CN1C(=O)S/C(=C/c2cn(C(C)C)c3ccccc23)C1=O. The number of imide groups is 1. The fourth-order valence-electron chi connectivity index (χ4n) is 3.63. The van der Waals surface area contributed by atoms with Crippen molar-refractivity contribution in [3.05, 3.63) is 65.2 Å². The average Bonchev–Trinajstić information content (AvgIpc) is 3.27. The van der Waals surface area contributed by atoms with Crippen LogP contribution in [0.25, 0.3) is 17.0 Å². The molecular weight excluding hydrogens is 426 g/mol. The monoisotopic (exact) mass is 449 g/mol. The largest absolute Gasteiger partial charge is 0.495 e. The number of carbonyl (C=O) groups excluding carboxylic acids is 3. The van der Waals surface area contributed by atoms with E-state index in [1.807, 2.05) is 30.5 Å². The third-order valence-electron chi connectivity index (χ3n) is 5.17. The van der Waals surface area contributed by atoms with Crippen molar-refractivity contribution in [2.75, 3.05) is 19.0 Å². The summed E-state index contributed by atoms with van der Waals surface area (Å²) < 4.78 is 7.35. The summed E-state index contributed by atoms with van der Waals surface area (Å²) in [5.41, 5.74) is 2.39. The molecule has 0 saturated carbocycles. The van der Waals surface area contributed by atoms with E-state index >= 15 is 0 Å². The number of hydrogen-bond acceptors (Lipinski definition) is 5. The molecule has 2 heterocycles. The Labute approximate surface area is 190 Å². The molecule has 3 amide bonds. The van der Waals surface area contributed by atoms with Crippen LogP contribution in [0.4, 0.5) is 10.5 Å². The van der Waals surface area contributed by atoms with Crippen LogP contribution in [-0.4, -0.2) is 40.2 Å². The summed E-state index contributed by atoms with van der Waals surface area (Å²) in [5, 5.41) is 3.23. The van der Waals surface area contributed by atoms with E-state index in [2.05, 4.69) is 23.7 Å². The molecule has 1 aromatic heterocycles. The Morgan fingerprint density at radius 2 is 1.84 bits per heavy atom. The quantitative estimate of drug-likeness (QED) is 0.541. The maximum Gasteiger partial charge on any atom is 0.294 e. The Kier molecular flexibility index (Phi) is 6.05. The number of fused-ring (bicyclic) bond motifs is 1. The molecule has 1 aliphatic heterocycles. The van der Waals surface area contributed by atoms with Crippen LogP contribution >= 0.6 is 11.8 Å². The van der Waals surface area contributed by atoms with Crippen LogP contribution in [0, 0.1) is 0 Å². The van der Waals surface area contributed by atoms with Gasteiger partial charge in [-0.2, -0.15) is 0 Å². The average molecular weight is 450 g/mol. The number of hydrogen-bond donors (Lipinski definition) is 1. The lowest BCUT2D eigenvalue weighted by Gasteiger charge is -2.14. The molecule has 7 nitrogen and oxygen atoms in total. The van der Waals surface area contributed by atoms with Crippen molar-refractivity contribution in [1.29, 1.82) is 0 Å². The molecule has 1 saturated heterocycles. The normalized spacial score (nSPS) is 15.2. The number of ether oxygens (including phenoxy) is 1. The summed E-state index contributed by atoms with van der Waals surface area (Å²) in [5.74, 6) is -0.456. The summed E-state index contributed by atoms with van der Waals surface area (Å²) in [6.45, 7) is 3.81.